The molecular weight excluding hydrogens is 264 g/mol. The van der Waals surface area contributed by atoms with Gasteiger partial charge in [-0.2, -0.15) is 5.10 Å². The summed E-state index contributed by atoms with van der Waals surface area (Å²) in [7, 11) is 0. The Morgan fingerprint density at radius 3 is 3.10 bits per heavy atom. The number of ether oxygens (including phenoxy) is 1. The molecule has 1 aliphatic heterocycles. The molecule has 20 heavy (non-hydrogen) atoms. The van der Waals surface area contributed by atoms with Crippen LogP contribution >= 0.6 is 0 Å². The van der Waals surface area contributed by atoms with E-state index in [-0.39, 0.29) is 31.5 Å². The predicted molar refractivity (Wildman–Crippen MR) is 68.9 cm³/mol. The molecule has 3 N–H and O–H groups in total. The minimum atomic E-state index is -1.29. The summed E-state index contributed by atoms with van der Waals surface area (Å²) < 4.78 is 5.32. The second-order valence-electron chi connectivity index (χ2n) is 4.88. The molecule has 1 aromatic rings. The van der Waals surface area contributed by atoms with Crippen molar-refractivity contribution in [1.82, 2.24) is 20.4 Å². The van der Waals surface area contributed by atoms with Crippen LogP contribution in [-0.2, 0) is 9.53 Å². The lowest BCUT2D eigenvalue weighted by Gasteiger charge is -2.30. The summed E-state index contributed by atoms with van der Waals surface area (Å²) in [5.74, 6) is -0.497. The first-order chi connectivity index (χ1) is 9.50. The number of carbonyl (C=O) groups is 2. The van der Waals surface area contributed by atoms with Gasteiger partial charge in [0.25, 0.3) is 5.91 Å². The lowest BCUT2D eigenvalue weighted by molar-refractivity contribution is -0.120. The van der Waals surface area contributed by atoms with E-state index in [1.807, 2.05) is 0 Å². The number of hydrogen-bond donors (Lipinski definition) is 3. The molecule has 0 aromatic carbocycles. The lowest BCUT2D eigenvalue weighted by atomic mass is 10.0. The van der Waals surface area contributed by atoms with Crippen molar-refractivity contribution in [2.24, 2.45) is 0 Å². The molecule has 8 heteroatoms. The van der Waals surface area contributed by atoms with Crippen LogP contribution in [0.2, 0.25) is 0 Å². The van der Waals surface area contributed by atoms with Crippen molar-refractivity contribution in [3.8, 4) is 0 Å². The molecule has 0 spiro atoms. The molecule has 110 valence electrons. The van der Waals surface area contributed by atoms with E-state index in [2.05, 4.69) is 15.5 Å². The van der Waals surface area contributed by atoms with Crippen LogP contribution in [0.3, 0.4) is 0 Å². The number of rotatable bonds is 3. The van der Waals surface area contributed by atoms with Gasteiger partial charge in [0, 0.05) is 19.7 Å². The fourth-order valence-electron chi connectivity index (χ4n) is 2.03. The fourth-order valence-corrected chi connectivity index (χ4v) is 2.03. The molecule has 2 amide bonds. The number of aromatic amines is 1. The van der Waals surface area contributed by atoms with Crippen LogP contribution in [0.15, 0.2) is 12.3 Å². The Labute approximate surface area is 116 Å². The number of H-pyrrole nitrogens is 1. The van der Waals surface area contributed by atoms with Gasteiger partial charge in [-0.25, -0.2) is 0 Å². The van der Waals surface area contributed by atoms with E-state index in [1.165, 1.54) is 18.0 Å². The first-order valence-corrected chi connectivity index (χ1v) is 6.33. The number of β-amino-alcohol motifs (C(OH)–C–C–N with tert-alkyl or cyclic N) is 1. The van der Waals surface area contributed by atoms with Crippen molar-refractivity contribution < 1.29 is 19.4 Å². The molecule has 8 nitrogen and oxygen atoms in total. The average Bonchev–Trinajstić information content (AvgIpc) is 2.86. The van der Waals surface area contributed by atoms with Gasteiger partial charge < -0.3 is 20.1 Å². The summed E-state index contributed by atoms with van der Waals surface area (Å²) in [6.07, 6.45) is 1.49. The molecule has 0 radical (unpaired) electrons. The van der Waals surface area contributed by atoms with Crippen molar-refractivity contribution in [3.63, 3.8) is 0 Å². The van der Waals surface area contributed by atoms with Crippen LogP contribution < -0.4 is 5.32 Å². The quantitative estimate of drug-likeness (QED) is 0.642. The smallest absolute Gasteiger partial charge is 0.272 e. The summed E-state index contributed by atoms with van der Waals surface area (Å²) in [6, 6.07) is 1.57. The molecule has 1 atom stereocenters. The zero-order valence-electron chi connectivity index (χ0n) is 11.3. The first kappa shape index (κ1) is 14.5. The van der Waals surface area contributed by atoms with Crippen LogP contribution in [0, 0.1) is 0 Å². The zero-order chi connectivity index (χ0) is 14.6. The SMILES string of the molecule is CC(=O)NC[C@@]1(O)COCCN(C(=O)c2ccn[nH]2)C1. The van der Waals surface area contributed by atoms with Gasteiger partial charge in [0.2, 0.25) is 5.91 Å². The highest BCUT2D eigenvalue weighted by molar-refractivity contribution is 5.92. The minimum absolute atomic E-state index is 0.0368. The van der Waals surface area contributed by atoms with Crippen molar-refractivity contribution in [1.29, 1.82) is 0 Å². The van der Waals surface area contributed by atoms with Crippen LogP contribution in [0.4, 0.5) is 0 Å². The van der Waals surface area contributed by atoms with E-state index in [0.717, 1.165) is 0 Å². The zero-order valence-corrected chi connectivity index (χ0v) is 11.3. The maximum Gasteiger partial charge on any atom is 0.272 e. The number of aromatic nitrogens is 2. The van der Waals surface area contributed by atoms with Crippen LogP contribution in [0.1, 0.15) is 17.4 Å². The monoisotopic (exact) mass is 282 g/mol. The second kappa shape index (κ2) is 6.02. The maximum atomic E-state index is 12.2. The van der Waals surface area contributed by atoms with Gasteiger partial charge in [0.15, 0.2) is 0 Å². The first-order valence-electron chi connectivity index (χ1n) is 6.33. The summed E-state index contributed by atoms with van der Waals surface area (Å²) in [6.45, 7) is 2.27. The highest BCUT2D eigenvalue weighted by atomic mass is 16.5. The summed E-state index contributed by atoms with van der Waals surface area (Å²) in [5, 5.41) is 19.3. The van der Waals surface area contributed by atoms with Gasteiger partial charge in [-0.3, -0.25) is 14.7 Å². The van der Waals surface area contributed by atoms with Gasteiger partial charge in [-0.15, -0.1) is 0 Å². The van der Waals surface area contributed by atoms with Gasteiger partial charge >= 0.3 is 0 Å². The summed E-state index contributed by atoms with van der Waals surface area (Å²) in [5.41, 5.74) is -0.938. The van der Waals surface area contributed by atoms with E-state index in [1.54, 1.807) is 6.07 Å². The third-order valence-corrected chi connectivity index (χ3v) is 3.05. The highest BCUT2D eigenvalue weighted by Crippen LogP contribution is 2.14. The predicted octanol–water partition coefficient (Wildman–Crippen LogP) is -1.25. The molecule has 2 rings (SSSR count). The van der Waals surface area contributed by atoms with Gasteiger partial charge in [-0.05, 0) is 6.07 Å². The number of nitrogens with one attached hydrogen (secondary N) is 2. The Morgan fingerprint density at radius 2 is 2.45 bits per heavy atom. The molecule has 0 unspecified atom stereocenters. The van der Waals surface area contributed by atoms with Crippen LogP contribution in [0.5, 0.6) is 0 Å². The van der Waals surface area contributed by atoms with Gasteiger partial charge in [0.05, 0.1) is 26.3 Å². The molecule has 0 saturated carbocycles. The van der Waals surface area contributed by atoms with Crippen LogP contribution in [0.25, 0.3) is 0 Å². The molecule has 1 fully saturated rings. The third-order valence-electron chi connectivity index (χ3n) is 3.05. The third kappa shape index (κ3) is 3.55. The molecule has 2 heterocycles. The minimum Gasteiger partial charge on any atom is -0.384 e. The number of hydrogen-bond acceptors (Lipinski definition) is 5. The Hall–Kier alpha value is -1.93. The Bertz CT molecular complexity index is 476. The van der Waals surface area contributed by atoms with E-state index in [4.69, 9.17) is 4.74 Å². The average molecular weight is 282 g/mol. The normalized spacial score (nSPS) is 23.2. The van der Waals surface area contributed by atoms with E-state index < -0.39 is 5.60 Å². The molecule has 0 bridgehead atoms. The summed E-state index contributed by atoms with van der Waals surface area (Å²) >= 11 is 0. The molecular formula is C12H18N4O4. The van der Waals surface area contributed by atoms with E-state index >= 15 is 0 Å². The molecule has 0 aliphatic carbocycles. The fraction of sp³-hybridized carbons (Fsp3) is 0.583. The van der Waals surface area contributed by atoms with Crippen molar-refractivity contribution in [2.75, 3.05) is 32.8 Å². The van der Waals surface area contributed by atoms with E-state index in [0.29, 0.717) is 18.8 Å². The van der Waals surface area contributed by atoms with Gasteiger partial charge in [0.1, 0.15) is 11.3 Å². The largest absolute Gasteiger partial charge is 0.384 e. The Balaban J connectivity index is 2.06. The Kier molecular flexibility index (Phi) is 4.35. The van der Waals surface area contributed by atoms with Crippen molar-refractivity contribution in [3.05, 3.63) is 18.0 Å². The number of amides is 2. The topological polar surface area (TPSA) is 108 Å². The maximum absolute atomic E-state index is 12.2. The standard InChI is InChI=1S/C12H18N4O4/c1-9(17)13-6-12(19)7-16(4-5-20-8-12)11(18)10-2-3-14-15-10/h2-3,19H,4-8H2,1H3,(H,13,17)(H,14,15)/t12-/m0/s1. The molecule has 1 aromatic heterocycles. The highest BCUT2D eigenvalue weighted by Gasteiger charge is 2.35. The van der Waals surface area contributed by atoms with E-state index in [9.17, 15) is 14.7 Å². The lowest BCUT2D eigenvalue weighted by Crippen LogP contribution is -2.53. The van der Waals surface area contributed by atoms with Crippen molar-refractivity contribution >= 4 is 11.8 Å². The van der Waals surface area contributed by atoms with Gasteiger partial charge in [-0.1, -0.05) is 0 Å². The number of aliphatic hydroxyl groups is 1. The summed E-state index contributed by atoms with van der Waals surface area (Å²) in [4.78, 5) is 24.7. The van der Waals surface area contributed by atoms with Crippen molar-refractivity contribution in [2.45, 2.75) is 12.5 Å². The molecule has 1 aliphatic rings. The second-order valence-corrected chi connectivity index (χ2v) is 4.88. The van der Waals surface area contributed by atoms with Crippen LogP contribution in [-0.4, -0.2) is 70.5 Å². The number of carbonyl (C=O) groups excluding carboxylic acids is 2. The molecule has 1 saturated heterocycles. The number of nitrogens with zero attached hydrogens (tertiary/aromatic N) is 2. The Morgan fingerprint density at radius 1 is 1.65 bits per heavy atom.